The first-order valence-corrected chi connectivity index (χ1v) is 5.83. The van der Waals surface area contributed by atoms with E-state index in [2.05, 4.69) is 0 Å². The Morgan fingerprint density at radius 3 is 2.35 bits per heavy atom. The van der Waals surface area contributed by atoms with E-state index < -0.39 is 17.6 Å². The molecule has 6 nitrogen and oxygen atoms in total. The van der Waals surface area contributed by atoms with Gasteiger partial charge in [0.15, 0.2) is 11.3 Å². The second-order valence-corrected chi connectivity index (χ2v) is 4.22. The summed E-state index contributed by atoms with van der Waals surface area (Å²) in [5, 5.41) is 0.564. The summed E-state index contributed by atoms with van der Waals surface area (Å²) in [4.78, 5) is 33.8. The van der Waals surface area contributed by atoms with Crippen LogP contribution in [0.2, 0.25) is 0 Å². The highest BCUT2D eigenvalue weighted by Crippen LogP contribution is 2.35. The molecule has 0 N–H and O–H groups in total. The maximum atomic E-state index is 11.6. The highest BCUT2D eigenvalue weighted by molar-refractivity contribution is 5.89. The quantitative estimate of drug-likeness (QED) is 0.473. The second kappa shape index (κ2) is 5.16. The minimum Gasteiger partial charge on any atom is -0.423 e. The number of rotatable bonds is 2. The average molecular weight is 276 g/mol. The second-order valence-electron chi connectivity index (χ2n) is 4.22. The van der Waals surface area contributed by atoms with Crippen molar-refractivity contribution in [2.45, 2.75) is 20.8 Å². The maximum absolute atomic E-state index is 11.6. The van der Waals surface area contributed by atoms with Crippen LogP contribution in [0.15, 0.2) is 27.4 Å². The Labute approximate surface area is 113 Å². The number of hydrogen-bond acceptors (Lipinski definition) is 6. The van der Waals surface area contributed by atoms with Gasteiger partial charge in [-0.3, -0.25) is 9.59 Å². The van der Waals surface area contributed by atoms with E-state index in [1.54, 1.807) is 19.1 Å². The molecule has 0 aliphatic rings. The molecule has 2 aromatic rings. The molecule has 6 heteroatoms. The fourth-order valence-electron chi connectivity index (χ4n) is 1.72. The fourth-order valence-corrected chi connectivity index (χ4v) is 1.72. The van der Waals surface area contributed by atoms with Crippen LogP contribution in [0.5, 0.6) is 11.5 Å². The first-order valence-electron chi connectivity index (χ1n) is 5.83. The molecule has 0 fully saturated rings. The number of esters is 2. The minimum absolute atomic E-state index is 0.0206. The molecule has 20 heavy (non-hydrogen) atoms. The van der Waals surface area contributed by atoms with E-state index >= 15 is 0 Å². The molecule has 1 aromatic carbocycles. The van der Waals surface area contributed by atoms with Gasteiger partial charge in [0.05, 0.1) is 0 Å². The van der Waals surface area contributed by atoms with Gasteiger partial charge in [0.2, 0.25) is 5.75 Å². The van der Waals surface area contributed by atoms with Gasteiger partial charge in [-0.1, -0.05) is 0 Å². The number of benzene rings is 1. The first kappa shape index (κ1) is 13.8. The van der Waals surface area contributed by atoms with Crippen LogP contribution < -0.4 is 15.1 Å². The summed E-state index contributed by atoms with van der Waals surface area (Å²) in [6.45, 7) is 4.02. The van der Waals surface area contributed by atoms with Gasteiger partial charge in [-0.15, -0.1) is 0 Å². The van der Waals surface area contributed by atoms with E-state index in [0.29, 0.717) is 10.9 Å². The van der Waals surface area contributed by atoms with Gasteiger partial charge < -0.3 is 13.9 Å². The van der Waals surface area contributed by atoms with Crippen molar-refractivity contribution in [2.24, 2.45) is 0 Å². The molecule has 0 bridgehead atoms. The summed E-state index contributed by atoms with van der Waals surface area (Å²) >= 11 is 0. The van der Waals surface area contributed by atoms with E-state index in [0.717, 1.165) is 0 Å². The Balaban J connectivity index is 2.75. The van der Waals surface area contributed by atoms with E-state index in [9.17, 15) is 14.4 Å². The molecule has 0 spiro atoms. The number of carbonyl (C=O) groups is 2. The van der Waals surface area contributed by atoms with Crippen LogP contribution in [0.1, 0.15) is 19.4 Å². The number of aryl methyl sites for hydroxylation is 1. The Morgan fingerprint density at radius 2 is 1.75 bits per heavy atom. The monoisotopic (exact) mass is 276 g/mol. The van der Waals surface area contributed by atoms with E-state index in [1.807, 2.05) is 0 Å². The third-order valence-corrected chi connectivity index (χ3v) is 2.49. The predicted molar refractivity (Wildman–Crippen MR) is 69.8 cm³/mol. The lowest BCUT2D eigenvalue weighted by atomic mass is 10.2. The zero-order valence-corrected chi connectivity index (χ0v) is 11.2. The van der Waals surface area contributed by atoms with Crippen molar-refractivity contribution in [2.75, 3.05) is 0 Å². The minimum atomic E-state index is -0.617. The van der Waals surface area contributed by atoms with E-state index in [1.165, 1.54) is 19.9 Å². The van der Waals surface area contributed by atoms with Gasteiger partial charge in [0.1, 0.15) is 0 Å². The highest BCUT2D eigenvalue weighted by atomic mass is 16.6. The molecule has 1 aromatic heterocycles. The number of fused-ring (bicyclic) bond motifs is 1. The summed E-state index contributed by atoms with van der Waals surface area (Å²) in [7, 11) is 0. The van der Waals surface area contributed by atoms with Crippen molar-refractivity contribution >= 4 is 22.9 Å². The van der Waals surface area contributed by atoms with Crippen molar-refractivity contribution in [1.82, 2.24) is 0 Å². The SMILES string of the molecule is CC(=O)Oc1ccc2cc(C)c(=O)oc2c1OC(C)=O. The van der Waals surface area contributed by atoms with Gasteiger partial charge in [0.25, 0.3) is 0 Å². The molecule has 0 atom stereocenters. The number of carbonyl (C=O) groups excluding carboxylic acids is 2. The van der Waals surface area contributed by atoms with Crippen molar-refractivity contribution in [3.8, 4) is 11.5 Å². The zero-order valence-electron chi connectivity index (χ0n) is 11.2. The van der Waals surface area contributed by atoms with Gasteiger partial charge >= 0.3 is 17.6 Å². The summed E-state index contributed by atoms with van der Waals surface area (Å²) < 4.78 is 15.1. The number of hydrogen-bond donors (Lipinski definition) is 0. The molecule has 0 saturated carbocycles. The van der Waals surface area contributed by atoms with Crippen LogP contribution in [0.25, 0.3) is 11.0 Å². The Hall–Kier alpha value is -2.63. The lowest BCUT2D eigenvalue weighted by Gasteiger charge is -2.10. The zero-order chi connectivity index (χ0) is 14.9. The standard InChI is InChI=1S/C14H12O6/c1-7-6-10-4-5-11(18-8(2)15)13(19-9(3)16)12(10)20-14(7)17/h4-6H,1-3H3. The molecule has 0 aliphatic carbocycles. The lowest BCUT2D eigenvalue weighted by Crippen LogP contribution is -2.09. The summed E-state index contributed by atoms with van der Waals surface area (Å²) in [6, 6.07) is 4.68. The molecular weight excluding hydrogens is 264 g/mol. The van der Waals surface area contributed by atoms with E-state index in [4.69, 9.17) is 13.9 Å². The fraction of sp³-hybridized carbons (Fsp3) is 0.214. The average Bonchev–Trinajstić information content (AvgIpc) is 2.33. The molecule has 1 heterocycles. The number of ether oxygens (including phenoxy) is 2. The van der Waals surface area contributed by atoms with Crippen LogP contribution >= 0.6 is 0 Å². The van der Waals surface area contributed by atoms with E-state index in [-0.39, 0.29) is 17.1 Å². The Kier molecular flexibility index (Phi) is 3.56. The largest absolute Gasteiger partial charge is 0.423 e. The van der Waals surface area contributed by atoms with Crippen LogP contribution in [-0.2, 0) is 9.59 Å². The summed E-state index contributed by atoms with van der Waals surface area (Å²) in [5.74, 6) is -1.25. The van der Waals surface area contributed by atoms with Gasteiger partial charge in [-0.05, 0) is 25.1 Å². The topological polar surface area (TPSA) is 82.8 Å². The molecule has 0 amide bonds. The van der Waals surface area contributed by atoms with Crippen molar-refractivity contribution < 1.29 is 23.5 Å². The van der Waals surface area contributed by atoms with Crippen LogP contribution in [-0.4, -0.2) is 11.9 Å². The summed E-state index contributed by atoms with van der Waals surface area (Å²) in [5.41, 5.74) is -0.0630. The smallest absolute Gasteiger partial charge is 0.339 e. The molecule has 2 rings (SSSR count). The van der Waals surface area contributed by atoms with Crippen LogP contribution in [0, 0.1) is 6.92 Å². The van der Waals surface area contributed by atoms with Crippen molar-refractivity contribution in [1.29, 1.82) is 0 Å². The van der Waals surface area contributed by atoms with Gasteiger partial charge in [0, 0.05) is 24.8 Å². The molecule has 104 valence electrons. The first-order chi connectivity index (χ1) is 9.38. The van der Waals surface area contributed by atoms with Crippen molar-refractivity contribution in [3.63, 3.8) is 0 Å². The molecular formula is C14H12O6. The van der Waals surface area contributed by atoms with Gasteiger partial charge in [-0.25, -0.2) is 4.79 Å². The third kappa shape index (κ3) is 2.69. The van der Waals surface area contributed by atoms with Gasteiger partial charge in [-0.2, -0.15) is 0 Å². The highest BCUT2D eigenvalue weighted by Gasteiger charge is 2.17. The normalized spacial score (nSPS) is 10.3. The maximum Gasteiger partial charge on any atom is 0.339 e. The Morgan fingerprint density at radius 1 is 1.10 bits per heavy atom. The molecule has 0 unspecified atom stereocenters. The lowest BCUT2D eigenvalue weighted by molar-refractivity contribution is -0.134. The van der Waals surface area contributed by atoms with Crippen molar-refractivity contribution in [3.05, 3.63) is 34.2 Å². The summed E-state index contributed by atoms with van der Waals surface area (Å²) in [6.07, 6.45) is 0. The Bertz CT molecular complexity index is 756. The molecule has 0 radical (unpaired) electrons. The molecule has 0 aliphatic heterocycles. The third-order valence-electron chi connectivity index (χ3n) is 2.49. The predicted octanol–water partition coefficient (Wildman–Crippen LogP) is 1.95. The molecule has 0 saturated heterocycles. The van der Waals surface area contributed by atoms with Crippen LogP contribution in [0.3, 0.4) is 0 Å². The van der Waals surface area contributed by atoms with Crippen LogP contribution in [0.4, 0.5) is 0 Å².